The summed E-state index contributed by atoms with van der Waals surface area (Å²) in [6.45, 7) is 2.96. The number of carbonyl (C=O) groups is 1. The van der Waals surface area contributed by atoms with Gasteiger partial charge in [0.25, 0.3) is 0 Å². The van der Waals surface area contributed by atoms with E-state index in [9.17, 15) is 13.2 Å². The summed E-state index contributed by atoms with van der Waals surface area (Å²) in [5, 5.41) is 8.97. The van der Waals surface area contributed by atoms with Crippen LogP contribution in [-0.4, -0.2) is 57.9 Å². The number of cyclic esters (lactones) is 1. The Hall–Kier alpha value is -2.69. The lowest BCUT2D eigenvalue weighted by Gasteiger charge is -2.16. The zero-order valence-electron chi connectivity index (χ0n) is 18.1. The lowest BCUT2D eigenvalue weighted by Crippen LogP contribution is -2.27. The number of thioether (sulfide) groups is 1. The maximum Gasteiger partial charge on any atom is 0.319 e. The Morgan fingerprint density at radius 3 is 2.48 bits per heavy atom. The van der Waals surface area contributed by atoms with Gasteiger partial charge in [-0.2, -0.15) is 4.31 Å². The molecule has 0 radical (unpaired) electrons. The van der Waals surface area contributed by atoms with Gasteiger partial charge in [-0.25, -0.2) is 8.42 Å². The Labute approximate surface area is 197 Å². The van der Waals surface area contributed by atoms with Crippen molar-refractivity contribution in [1.82, 2.24) is 19.1 Å². The molecule has 2 atom stereocenters. The van der Waals surface area contributed by atoms with Gasteiger partial charge in [0.15, 0.2) is 11.0 Å². The molecule has 0 aliphatic carbocycles. The average molecular weight is 485 g/mol. The van der Waals surface area contributed by atoms with Gasteiger partial charge in [0, 0.05) is 30.8 Å². The molecule has 3 heterocycles. The molecule has 1 aromatic heterocycles. The van der Waals surface area contributed by atoms with Crippen LogP contribution < -0.4 is 0 Å². The van der Waals surface area contributed by atoms with Gasteiger partial charge in [-0.1, -0.05) is 42.1 Å². The molecular weight excluding hydrogens is 460 g/mol. The van der Waals surface area contributed by atoms with E-state index in [1.165, 1.54) is 16.1 Å². The van der Waals surface area contributed by atoms with Gasteiger partial charge in [-0.05, 0) is 44.0 Å². The molecule has 3 aromatic rings. The number of benzene rings is 2. The van der Waals surface area contributed by atoms with E-state index in [1.807, 2.05) is 47.9 Å². The Balaban J connectivity index is 1.56. The van der Waals surface area contributed by atoms with Crippen molar-refractivity contribution in [1.29, 1.82) is 0 Å². The van der Waals surface area contributed by atoms with Crippen LogP contribution in [0.1, 0.15) is 26.2 Å². The van der Waals surface area contributed by atoms with Crippen molar-refractivity contribution in [3.8, 4) is 17.1 Å². The molecule has 8 nitrogen and oxygen atoms in total. The summed E-state index contributed by atoms with van der Waals surface area (Å²) in [6.07, 6.45) is 2.23. The number of ether oxygens (including phenoxy) is 1. The summed E-state index contributed by atoms with van der Waals surface area (Å²) >= 11 is 1.32. The van der Waals surface area contributed by atoms with Crippen LogP contribution in [0.25, 0.3) is 17.1 Å². The highest BCUT2D eigenvalue weighted by Crippen LogP contribution is 2.35. The topological polar surface area (TPSA) is 94.4 Å². The SMILES string of the molecule is C[C@@H]1C[C@@H](Sc2nnc(-c3cccc(S(=O)(=O)N4CCCC4)c3)n2-c2ccccc2)C(=O)O1. The van der Waals surface area contributed by atoms with E-state index in [2.05, 4.69) is 10.2 Å². The second kappa shape index (κ2) is 8.92. The van der Waals surface area contributed by atoms with Crippen LogP contribution in [0.3, 0.4) is 0 Å². The molecule has 2 aromatic carbocycles. The first-order chi connectivity index (χ1) is 15.9. The van der Waals surface area contributed by atoms with Gasteiger partial charge in [-0.15, -0.1) is 10.2 Å². The zero-order chi connectivity index (χ0) is 23.0. The molecule has 10 heteroatoms. The zero-order valence-corrected chi connectivity index (χ0v) is 19.8. The molecule has 2 fully saturated rings. The monoisotopic (exact) mass is 484 g/mol. The molecule has 0 N–H and O–H groups in total. The molecule has 172 valence electrons. The van der Waals surface area contributed by atoms with Crippen molar-refractivity contribution in [2.24, 2.45) is 0 Å². The van der Waals surface area contributed by atoms with Crippen LogP contribution in [0.2, 0.25) is 0 Å². The van der Waals surface area contributed by atoms with Crippen molar-refractivity contribution >= 4 is 27.8 Å². The third-order valence-corrected chi connectivity index (χ3v) is 8.86. The molecule has 2 aliphatic heterocycles. The largest absolute Gasteiger partial charge is 0.462 e. The van der Waals surface area contributed by atoms with Crippen LogP contribution in [0.15, 0.2) is 64.6 Å². The summed E-state index contributed by atoms with van der Waals surface area (Å²) in [5.74, 6) is 0.261. The van der Waals surface area contributed by atoms with Gasteiger partial charge in [0.05, 0.1) is 4.90 Å². The third-order valence-electron chi connectivity index (χ3n) is 5.82. The summed E-state index contributed by atoms with van der Waals surface area (Å²) in [4.78, 5) is 12.5. The first kappa shape index (κ1) is 22.1. The summed E-state index contributed by atoms with van der Waals surface area (Å²) in [6, 6.07) is 16.4. The Morgan fingerprint density at radius 2 is 1.79 bits per heavy atom. The summed E-state index contributed by atoms with van der Waals surface area (Å²) < 4.78 is 34.9. The maximum atomic E-state index is 13.1. The first-order valence-electron chi connectivity index (χ1n) is 10.9. The lowest BCUT2D eigenvalue weighted by atomic mass is 10.2. The van der Waals surface area contributed by atoms with Crippen LogP contribution in [-0.2, 0) is 19.6 Å². The molecule has 0 unspecified atom stereocenters. The minimum absolute atomic E-state index is 0.130. The van der Waals surface area contributed by atoms with Gasteiger partial charge in [-0.3, -0.25) is 9.36 Å². The van der Waals surface area contributed by atoms with Crippen LogP contribution >= 0.6 is 11.8 Å². The molecule has 2 aliphatic rings. The molecular formula is C23H24N4O4S2. The van der Waals surface area contributed by atoms with Gasteiger partial charge in [0.2, 0.25) is 10.0 Å². The quantitative estimate of drug-likeness (QED) is 0.494. The van der Waals surface area contributed by atoms with E-state index in [0.717, 1.165) is 18.5 Å². The molecule has 2 saturated heterocycles. The Bertz CT molecular complexity index is 1270. The van der Waals surface area contributed by atoms with Crippen molar-refractivity contribution in [3.05, 3.63) is 54.6 Å². The van der Waals surface area contributed by atoms with E-state index in [1.54, 1.807) is 18.2 Å². The number of sulfonamides is 1. The number of hydrogen-bond acceptors (Lipinski definition) is 7. The maximum absolute atomic E-state index is 13.1. The first-order valence-corrected chi connectivity index (χ1v) is 13.2. The van der Waals surface area contributed by atoms with Gasteiger partial charge >= 0.3 is 5.97 Å². The molecule has 33 heavy (non-hydrogen) atoms. The second-order valence-corrected chi connectivity index (χ2v) is 11.3. The number of hydrogen-bond donors (Lipinski definition) is 0. The van der Waals surface area contributed by atoms with E-state index in [0.29, 0.717) is 36.1 Å². The number of esters is 1. The van der Waals surface area contributed by atoms with Crippen LogP contribution in [0.5, 0.6) is 0 Å². The fourth-order valence-electron chi connectivity index (χ4n) is 4.16. The number of para-hydroxylation sites is 1. The third kappa shape index (κ3) is 4.30. The summed E-state index contributed by atoms with van der Waals surface area (Å²) in [5.41, 5.74) is 1.47. The van der Waals surface area contributed by atoms with Crippen molar-refractivity contribution in [2.45, 2.75) is 47.6 Å². The molecule has 5 rings (SSSR count). The fourth-order valence-corrected chi connectivity index (χ4v) is 6.88. The molecule has 0 bridgehead atoms. The number of nitrogens with zero attached hydrogens (tertiary/aromatic N) is 4. The predicted octanol–water partition coefficient (Wildman–Crippen LogP) is 3.51. The van der Waals surface area contributed by atoms with E-state index < -0.39 is 10.0 Å². The predicted molar refractivity (Wildman–Crippen MR) is 125 cm³/mol. The number of rotatable bonds is 6. The molecule has 0 saturated carbocycles. The average Bonchev–Trinajstić information content (AvgIpc) is 3.56. The minimum Gasteiger partial charge on any atom is -0.462 e. The number of aromatic nitrogens is 3. The Morgan fingerprint density at radius 1 is 1.03 bits per heavy atom. The molecule has 0 amide bonds. The second-order valence-electron chi connectivity index (χ2n) is 8.21. The highest BCUT2D eigenvalue weighted by Gasteiger charge is 2.35. The minimum atomic E-state index is -3.56. The Kier molecular flexibility index (Phi) is 5.98. The standard InChI is InChI=1S/C23H24N4O4S2/c1-16-14-20(22(28)31-16)32-23-25-24-21(27(23)18-9-3-2-4-10-18)17-8-7-11-19(15-17)33(29,30)26-12-5-6-13-26/h2-4,7-11,15-16,20H,5-6,12-14H2,1H3/t16-,20-/m1/s1. The lowest BCUT2D eigenvalue weighted by molar-refractivity contribution is -0.140. The number of carbonyl (C=O) groups excluding carboxylic acids is 1. The molecule has 0 spiro atoms. The highest BCUT2D eigenvalue weighted by atomic mass is 32.2. The fraction of sp³-hybridized carbons (Fsp3) is 0.348. The highest BCUT2D eigenvalue weighted by molar-refractivity contribution is 8.00. The van der Waals surface area contributed by atoms with E-state index >= 15 is 0 Å². The van der Waals surface area contributed by atoms with Crippen molar-refractivity contribution in [2.75, 3.05) is 13.1 Å². The van der Waals surface area contributed by atoms with Gasteiger partial charge in [0.1, 0.15) is 11.4 Å². The summed E-state index contributed by atoms with van der Waals surface area (Å²) in [7, 11) is -3.56. The van der Waals surface area contributed by atoms with E-state index in [4.69, 9.17) is 4.74 Å². The smallest absolute Gasteiger partial charge is 0.319 e. The van der Waals surface area contributed by atoms with Crippen LogP contribution in [0.4, 0.5) is 0 Å². The normalized spacial score (nSPS) is 21.4. The van der Waals surface area contributed by atoms with Crippen molar-refractivity contribution < 1.29 is 17.9 Å². The van der Waals surface area contributed by atoms with E-state index in [-0.39, 0.29) is 22.2 Å². The van der Waals surface area contributed by atoms with Crippen molar-refractivity contribution in [3.63, 3.8) is 0 Å². The van der Waals surface area contributed by atoms with Crippen LogP contribution in [0, 0.1) is 0 Å². The van der Waals surface area contributed by atoms with Gasteiger partial charge < -0.3 is 4.74 Å².